The standard InChI is InChI=1S/C52H89BF2N3O9P/c1-6-8-10-12-14-16-18-20-22-24-26-28-30-32-50(60)64-42-52(5,67-51(61)33-31-29-27-25-23-21-19-17-15-13-11-9-7-2)43-66-68(62,63)65-39-38-56-49(59)37-36-46-34-35-47-41-48-44(3)40-45(4)57(48)53(54,55)58(46)47/h34-35,40-41H,6-33,36-39,42-43H2,1-5H3,(H,56,59)(H,62,63). The molecule has 0 spiro atoms. The first-order chi connectivity index (χ1) is 32.6. The molecule has 0 saturated heterocycles. The van der Waals surface area contributed by atoms with Gasteiger partial charge >= 0.3 is 26.7 Å². The molecule has 12 nitrogen and oxygen atoms in total. The molecule has 2 atom stereocenters. The van der Waals surface area contributed by atoms with Crippen molar-refractivity contribution in [2.45, 2.75) is 233 Å². The van der Waals surface area contributed by atoms with Crippen LogP contribution in [0, 0.1) is 13.8 Å². The fraction of sp³-hybridized carbons (Fsp3) is 0.769. The molecule has 388 valence electrons. The van der Waals surface area contributed by atoms with E-state index in [0.29, 0.717) is 35.6 Å². The largest absolute Gasteiger partial charge is 0.737 e. The average Bonchev–Trinajstić information content (AvgIpc) is 3.86. The fourth-order valence-electron chi connectivity index (χ4n) is 9.14. The zero-order valence-electron chi connectivity index (χ0n) is 42.7. The summed E-state index contributed by atoms with van der Waals surface area (Å²) < 4.78 is 68.2. The van der Waals surface area contributed by atoms with Gasteiger partial charge in [0.15, 0.2) is 11.3 Å². The van der Waals surface area contributed by atoms with Crippen molar-refractivity contribution >= 4 is 44.4 Å². The lowest BCUT2D eigenvalue weighted by molar-refractivity contribution is -0.362. The summed E-state index contributed by atoms with van der Waals surface area (Å²) in [5, 5.41) is 2.59. The van der Waals surface area contributed by atoms with Gasteiger partial charge < -0.3 is 37.3 Å². The van der Waals surface area contributed by atoms with Gasteiger partial charge in [-0.3, -0.25) is 23.4 Å². The molecule has 68 heavy (non-hydrogen) atoms. The number of aromatic nitrogens is 1. The van der Waals surface area contributed by atoms with Crippen LogP contribution in [-0.4, -0.2) is 76.4 Å². The van der Waals surface area contributed by atoms with Gasteiger partial charge in [0.25, 0.3) is 0 Å². The lowest BCUT2D eigenvalue weighted by Crippen LogP contribution is -2.50. The van der Waals surface area contributed by atoms with Gasteiger partial charge in [0.1, 0.15) is 18.9 Å². The topological polar surface area (TPSA) is 145 Å². The Kier molecular flexibility index (Phi) is 28.5. The van der Waals surface area contributed by atoms with Crippen LogP contribution < -0.4 is 5.32 Å². The minimum atomic E-state index is -4.72. The monoisotopic (exact) mass is 980 g/mol. The van der Waals surface area contributed by atoms with Crippen molar-refractivity contribution in [1.29, 1.82) is 0 Å². The van der Waals surface area contributed by atoms with Crippen molar-refractivity contribution in [3.63, 3.8) is 0 Å². The number of nitrogens with zero attached hydrogens (tertiary/aromatic N) is 2. The highest BCUT2D eigenvalue weighted by Crippen LogP contribution is 2.44. The van der Waals surface area contributed by atoms with Crippen molar-refractivity contribution in [2.75, 3.05) is 26.4 Å². The van der Waals surface area contributed by atoms with E-state index in [9.17, 15) is 23.8 Å². The Hall–Kier alpha value is -3.13. The van der Waals surface area contributed by atoms with Crippen LogP contribution in [0.15, 0.2) is 23.9 Å². The average molecular weight is 980 g/mol. The second-order valence-electron chi connectivity index (χ2n) is 19.6. The number of hydrogen-bond acceptors (Lipinski definition) is 8. The zero-order chi connectivity index (χ0) is 49.7. The van der Waals surface area contributed by atoms with Gasteiger partial charge in [0.2, 0.25) is 5.91 Å². The molecule has 2 aliphatic rings. The molecule has 1 aromatic heterocycles. The molecular weight excluding hydrogens is 890 g/mol. The number of phosphoric acid groups is 1. The van der Waals surface area contributed by atoms with E-state index in [2.05, 4.69) is 19.2 Å². The maximum atomic E-state index is 15.8. The number of carbonyl (C=O) groups excluding carboxylic acids is 3. The quantitative estimate of drug-likeness (QED) is 0.0283. The van der Waals surface area contributed by atoms with Crippen LogP contribution in [0.4, 0.5) is 8.63 Å². The van der Waals surface area contributed by atoms with E-state index < -0.39 is 51.5 Å². The third-order valence-electron chi connectivity index (χ3n) is 13.1. The van der Waals surface area contributed by atoms with Gasteiger partial charge in [0, 0.05) is 56.2 Å². The van der Waals surface area contributed by atoms with Gasteiger partial charge in [-0.05, 0) is 50.9 Å². The molecular formula is C52H89BF2N3O9P. The first-order valence-corrected chi connectivity index (χ1v) is 28.1. The number of esters is 2. The first kappa shape index (κ1) is 59.2. The SMILES string of the molecule is CCCCCCCCCCCCCCCC(=O)OCC(C)(COP(=O)(O)OCCNC(=O)CCC1=[N+]2C(=Cc3c(C)cc(C)n3[B-]2(F)F)C=C1)OC(=O)CCCCCCCCCCCCCCC. The van der Waals surface area contributed by atoms with Crippen LogP contribution in [0.3, 0.4) is 0 Å². The van der Waals surface area contributed by atoms with E-state index in [4.69, 9.17) is 18.5 Å². The molecule has 16 heteroatoms. The Morgan fingerprint density at radius 3 is 1.71 bits per heavy atom. The Morgan fingerprint density at radius 2 is 1.19 bits per heavy atom. The predicted molar refractivity (Wildman–Crippen MR) is 270 cm³/mol. The van der Waals surface area contributed by atoms with Crippen LogP contribution in [0.5, 0.6) is 0 Å². The Bertz CT molecular complexity index is 1820. The van der Waals surface area contributed by atoms with E-state index in [1.54, 1.807) is 38.1 Å². The van der Waals surface area contributed by atoms with Gasteiger partial charge in [-0.1, -0.05) is 168 Å². The van der Waals surface area contributed by atoms with Crippen LogP contribution in [0.25, 0.3) is 6.08 Å². The summed E-state index contributed by atoms with van der Waals surface area (Å²) in [5.74, 6) is -1.42. The van der Waals surface area contributed by atoms with Crippen molar-refractivity contribution in [3.05, 3.63) is 40.9 Å². The smallest absolute Gasteiger partial charge is 0.461 e. The lowest BCUT2D eigenvalue weighted by Gasteiger charge is -2.30. The normalized spacial score (nSPS) is 15.7. The number of aryl methyl sites for hydroxylation is 2. The highest BCUT2D eigenvalue weighted by atomic mass is 31.2. The number of allylic oxidation sites excluding steroid dienone is 2. The van der Waals surface area contributed by atoms with Crippen molar-refractivity contribution in [1.82, 2.24) is 9.79 Å². The lowest BCUT2D eigenvalue weighted by atomic mass is 9.90. The molecule has 1 amide bonds. The van der Waals surface area contributed by atoms with E-state index in [0.717, 1.165) is 53.1 Å². The molecule has 2 aliphatic heterocycles. The molecule has 1 aromatic rings. The summed E-state index contributed by atoms with van der Waals surface area (Å²) >= 11 is 0. The number of halogens is 2. The van der Waals surface area contributed by atoms with E-state index in [1.165, 1.54) is 122 Å². The van der Waals surface area contributed by atoms with E-state index in [-0.39, 0.29) is 38.8 Å². The van der Waals surface area contributed by atoms with Crippen LogP contribution in [-0.2, 0) is 37.5 Å². The summed E-state index contributed by atoms with van der Waals surface area (Å²) in [5.41, 5.74) is 0.810. The third kappa shape index (κ3) is 22.7. The molecule has 3 rings (SSSR count). The van der Waals surface area contributed by atoms with E-state index in [1.807, 2.05) is 0 Å². The van der Waals surface area contributed by atoms with Crippen LogP contribution in [0.1, 0.15) is 230 Å². The molecule has 0 bridgehead atoms. The minimum Gasteiger partial charge on any atom is -0.461 e. The van der Waals surface area contributed by atoms with Gasteiger partial charge in [-0.25, -0.2) is 4.57 Å². The van der Waals surface area contributed by atoms with Crippen molar-refractivity contribution in [2.24, 2.45) is 0 Å². The summed E-state index contributed by atoms with van der Waals surface area (Å²) in [4.78, 5) is 49.1. The van der Waals surface area contributed by atoms with Crippen LogP contribution in [0.2, 0.25) is 0 Å². The number of ether oxygens (including phenoxy) is 2. The number of carbonyl (C=O) groups is 3. The maximum absolute atomic E-state index is 15.8. The van der Waals surface area contributed by atoms with Gasteiger partial charge in [-0.15, -0.1) is 0 Å². The number of phosphoric ester groups is 1. The summed E-state index contributed by atoms with van der Waals surface area (Å²) in [6.07, 6.45) is 35.9. The highest BCUT2D eigenvalue weighted by molar-refractivity contribution is 7.47. The van der Waals surface area contributed by atoms with Crippen molar-refractivity contribution in [3.8, 4) is 0 Å². The molecule has 2 N–H and O–H groups in total. The number of nitrogens with one attached hydrogen (secondary N) is 1. The second kappa shape index (κ2) is 32.7. The number of amides is 1. The molecule has 0 fully saturated rings. The summed E-state index contributed by atoms with van der Waals surface area (Å²) in [6, 6.07) is 1.73. The zero-order valence-corrected chi connectivity index (χ0v) is 43.6. The second-order valence-corrected chi connectivity index (χ2v) is 21.0. The Balaban J connectivity index is 1.40. The molecule has 0 radical (unpaired) electrons. The number of unbranched alkanes of at least 4 members (excludes halogenated alkanes) is 24. The molecule has 0 saturated carbocycles. The predicted octanol–water partition coefficient (Wildman–Crippen LogP) is 13.5. The first-order valence-electron chi connectivity index (χ1n) is 26.6. The van der Waals surface area contributed by atoms with Crippen molar-refractivity contribution < 1.29 is 55.5 Å². The summed E-state index contributed by atoms with van der Waals surface area (Å²) in [6.45, 7) is 3.76. The molecule has 2 unspecified atom stereocenters. The molecule has 0 aromatic carbocycles. The van der Waals surface area contributed by atoms with Crippen LogP contribution >= 0.6 is 7.82 Å². The number of fused-ring (bicyclic) bond motifs is 2. The number of rotatable bonds is 41. The Morgan fingerprint density at radius 1 is 0.706 bits per heavy atom. The fourth-order valence-corrected chi connectivity index (χ4v) is 9.97. The molecule has 0 aliphatic carbocycles. The van der Waals surface area contributed by atoms with E-state index >= 15 is 8.63 Å². The molecule has 3 heterocycles. The highest BCUT2D eigenvalue weighted by Gasteiger charge is 2.52. The summed E-state index contributed by atoms with van der Waals surface area (Å²) in [7, 11) is -4.72. The Labute approximate surface area is 408 Å². The van der Waals surface area contributed by atoms with Gasteiger partial charge in [-0.2, -0.15) is 0 Å². The van der Waals surface area contributed by atoms with Gasteiger partial charge in [0.05, 0.1) is 6.61 Å². The third-order valence-corrected chi connectivity index (χ3v) is 14.1. The number of hydrogen-bond donors (Lipinski definition) is 2. The maximum Gasteiger partial charge on any atom is 0.737 e. The minimum absolute atomic E-state index is 0.0503.